The van der Waals surface area contributed by atoms with E-state index in [9.17, 15) is 9.18 Å². The average molecular weight is 647 g/mol. The zero-order valence-electron chi connectivity index (χ0n) is 26.1. The van der Waals surface area contributed by atoms with E-state index in [0.29, 0.717) is 28.3 Å². The molecule has 0 spiro atoms. The Morgan fingerprint density at radius 1 is 1.20 bits per heavy atom. The van der Waals surface area contributed by atoms with Crippen LogP contribution in [-0.4, -0.2) is 74.3 Å². The molecule has 2 heterocycles. The summed E-state index contributed by atoms with van der Waals surface area (Å²) in [6.45, 7) is 4.55. The van der Waals surface area contributed by atoms with Gasteiger partial charge in [-0.15, -0.1) is 0 Å². The molecular formula is C33H38F4N4O5. The third-order valence-electron chi connectivity index (χ3n) is 7.81. The number of fused-ring (bicyclic) bond motifs is 1. The number of nitrogens with zero attached hydrogens (tertiary/aromatic N) is 2. The Bertz CT molecular complexity index is 1530. The second kappa shape index (κ2) is 14.4. The lowest BCUT2D eigenvalue weighted by Crippen LogP contribution is -2.57. The van der Waals surface area contributed by atoms with Crippen molar-refractivity contribution in [3.05, 3.63) is 83.9 Å². The van der Waals surface area contributed by atoms with Crippen molar-refractivity contribution in [3.63, 3.8) is 0 Å². The first-order chi connectivity index (χ1) is 22.0. The summed E-state index contributed by atoms with van der Waals surface area (Å²) in [6.07, 6.45) is -1.55. The molecular weight excluding hydrogens is 608 g/mol. The minimum atomic E-state index is -4.77. The van der Waals surface area contributed by atoms with Crippen LogP contribution in [0.3, 0.4) is 0 Å². The monoisotopic (exact) mass is 646 g/mol. The first kappa shape index (κ1) is 34.5. The number of halogens is 4. The number of aliphatic hydroxyl groups excluding tert-OH is 1. The predicted molar refractivity (Wildman–Crippen MR) is 164 cm³/mol. The van der Waals surface area contributed by atoms with E-state index in [4.69, 9.17) is 19.3 Å². The smallest absolute Gasteiger partial charge is 0.419 e. The molecule has 0 saturated heterocycles. The molecule has 2 aliphatic rings. The van der Waals surface area contributed by atoms with Crippen LogP contribution in [0.1, 0.15) is 47.3 Å². The third-order valence-corrected chi connectivity index (χ3v) is 7.81. The summed E-state index contributed by atoms with van der Waals surface area (Å²) in [5.74, 6) is -0.476. The molecule has 1 aliphatic carbocycles. The number of ether oxygens (including phenoxy) is 3. The van der Waals surface area contributed by atoms with Gasteiger partial charge in [-0.25, -0.2) is 9.37 Å². The lowest BCUT2D eigenvalue weighted by molar-refractivity contribution is -0.232. The second-order valence-corrected chi connectivity index (χ2v) is 10.9. The van der Waals surface area contributed by atoms with Gasteiger partial charge in [0.25, 0.3) is 5.91 Å². The van der Waals surface area contributed by atoms with Crippen LogP contribution < -0.4 is 24.8 Å². The fourth-order valence-electron chi connectivity index (χ4n) is 5.20. The molecule has 5 rings (SSSR count). The Labute approximate surface area is 265 Å². The summed E-state index contributed by atoms with van der Waals surface area (Å²) < 4.78 is 75.8. The van der Waals surface area contributed by atoms with E-state index in [1.807, 2.05) is 0 Å². The molecule has 1 saturated carbocycles. The third kappa shape index (κ3) is 6.90. The number of hydrogen-bond acceptors (Lipinski definition) is 8. The zero-order valence-corrected chi connectivity index (χ0v) is 26.1. The SMILES string of the molecule is C=CN(CNC)[C@@]1(C(F)(F)F)COc2c1cc(C(C)CNC(=O)c1ccc(OC3CC3)c(OC)c1)nc2-c1ccc(F)cc1.CO. The van der Waals surface area contributed by atoms with Gasteiger partial charge >= 0.3 is 6.18 Å². The minimum Gasteiger partial charge on any atom is -0.493 e. The van der Waals surface area contributed by atoms with Gasteiger partial charge in [0, 0.05) is 42.0 Å². The number of amides is 1. The highest BCUT2D eigenvalue weighted by molar-refractivity contribution is 5.95. The Morgan fingerprint density at radius 3 is 2.48 bits per heavy atom. The molecule has 2 aromatic carbocycles. The maximum absolute atomic E-state index is 15.0. The summed E-state index contributed by atoms with van der Waals surface area (Å²) in [4.78, 5) is 18.8. The Hall–Kier alpha value is -4.36. The Kier molecular flexibility index (Phi) is 10.8. The summed E-state index contributed by atoms with van der Waals surface area (Å²) in [5, 5.41) is 12.6. The number of rotatable bonds is 12. The number of carbonyl (C=O) groups excluding carboxylic acids is 1. The van der Waals surface area contributed by atoms with Gasteiger partial charge in [0.15, 0.2) is 17.2 Å². The van der Waals surface area contributed by atoms with Gasteiger partial charge in [-0.3, -0.25) is 4.79 Å². The van der Waals surface area contributed by atoms with Gasteiger partial charge in [-0.2, -0.15) is 13.2 Å². The maximum atomic E-state index is 15.0. The molecule has 248 valence electrons. The number of nitrogens with one attached hydrogen (secondary N) is 2. The van der Waals surface area contributed by atoms with E-state index in [0.717, 1.165) is 31.1 Å². The van der Waals surface area contributed by atoms with Gasteiger partial charge in [-0.05, 0) is 74.6 Å². The lowest BCUT2D eigenvalue weighted by Gasteiger charge is -2.40. The fourth-order valence-corrected chi connectivity index (χ4v) is 5.20. The maximum Gasteiger partial charge on any atom is 0.419 e. The highest BCUT2D eigenvalue weighted by Gasteiger charge is 2.64. The van der Waals surface area contributed by atoms with E-state index in [-0.39, 0.29) is 36.3 Å². The summed E-state index contributed by atoms with van der Waals surface area (Å²) in [5.41, 5.74) is -1.54. The number of aromatic nitrogens is 1. The number of benzene rings is 2. The molecule has 1 aliphatic heterocycles. The van der Waals surface area contributed by atoms with Crippen LogP contribution >= 0.6 is 0 Å². The van der Waals surface area contributed by atoms with Crippen molar-refractivity contribution in [2.24, 2.45) is 0 Å². The van der Waals surface area contributed by atoms with Crippen LogP contribution in [0.2, 0.25) is 0 Å². The van der Waals surface area contributed by atoms with Crippen LogP contribution in [0.5, 0.6) is 17.2 Å². The molecule has 46 heavy (non-hydrogen) atoms. The molecule has 1 amide bonds. The van der Waals surface area contributed by atoms with Crippen LogP contribution in [0, 0.1) is 5.82 Å². The van der Waals surface area contributed by atoms with Crippen molar-refractivity contribution in [2.45, 2.75) is 43.5 Å². The Balaban J connectivity index is 0.00000235. The van der Waals surface area contributed by atoms with E-state index in [1.165, 1.54) is 44.5 Å². The van der Waals surface area contributed by atoms with Crippen molar-refractivity contribution in [1.29, 1.82) is 0 Å². The molecule has 0 radical (unpaired) electrons. The molecule has 1 unspecified atom stereocenters. The number of aliphatic hydroxyl groups is 1. The van der Waals surface area contributed by atoms with E-state index < -0.39 is 36.0 Å². The van der Waals surface area contributed by atoms with Crippen molar-refractivity contribution in [1.82, 2.24) is 20.5 Å². The molecule has 0 bridgehead atoms. The van der Waals surface area contributed by atoms with Gasteiger partial charge in [0.2, 0.25) is 5.54 Å². The van der Waals surface area contributed by atoms with E-state index in [1.54, 1.807) is 25.1 Å². The van der Waals surface area contributed by atoms with Gasteiger partial charge in [-0.1, -0.05) is 13.5 Å². The summed E-state index contributed by atoms with van der Waals surface area (Å²) in [7, 11) is 4.03. The average Bonchev–Trinajstić information content (AvgIpc) is 3.79. The first-order valence-corrected chi connectivity index (χ1v) is 14.6. The van der Waals surface area contributed by atoms with Crippen LogP contribution in [0.25, 0.3) is 11.3 Å². The topological polar surface area (TPSA) is 105 Å². The van der Waals surface area contributed by atoms with Crippen molar-refractivity contribution in [2.75, 3.05) is 41.1 Å². The summed E-state index contributed by atoms with van der Waals surface area (Å²) in [6, 6.07) is 11.6. The highest BCUT2D eigenvalue weighted by Crippen LogP contribution is 2.54. The van der Waals surface area contributed by atoms with Gasteiger partial charge in [0.05, 0.1) is 19.9 Å². The molecule has 1 aromatic heterocycles. The van der Waals surface area contributed by atoms with Crippen molar-refractivity contribution < 1.29 is 41.7 Å². The van der Waals surface area contributed by atoms with Crippen molar-refractivity contribution in [3.8, 4) is 28.5 Å². The number of pyridine rings is 1. The lowest BCUT2D eigenvalue weighted by atomic mass is 9.87. The standard InChI is InChI=1S/C32H34F4N4O4.CH4O/c1-5-40(18-37-3)31(32(34,35)36)17-43-29-24(31)15-25(39-28(29)20-6-9-22(33)10-7-20)19(2)16-38-30(41)21-8-13-26(27(14-21)42-4)44-23-11-12-23;1-2/h5-10,13-15,19,23,37H,1,11-12,16-18H2,2-4H3,(H,38,41);2H,1H3/t19?,31-;/m0./s1. The Morgan fingerprint density at radius 2 is 1.89 bits per heavy atom. The van der Waals surface area contributed by atoms with Crippen LogP contribution in [0.15, 0.2) is 61.3 Å². The van der Waals surface area contributed by atoms with Crippen LogP contribution in [0.4, 0.5) is 17.6 Å². The normalized spacial score (nSPS) is 17.5. The highest BCUT2D eigenvalue weighted by atomic mass is 19.4. The van der Waals surface area contributed by atoms with Gasteiger partial charge < -0.3 is 34.9 Å². The first-order valence-electron chi connectivity index (χ1n) is 14.6. The number of hydrogen-bond donors (Lipinski definition) is 3. The quantitative estimate of drug-likeness (QED) is 0.179. The van der Waals surface area contributed by atoms with E-state index >= 15 is 13.2 Å². The second-order valence-electron chi connectivity index (χ2n) is 10.9. The number of carbonyl (C=O) groups is 1. The molecule has 3 N–H and O–H groups in total. The molecule has 1 fully saturated rings. The van der Waals surface area contributed by atoms with Crippen molar-refractivity contribution >= 4 is 5.91 Å². The van der Waals surface area contributed by atoms with Gasteiger partial charge in [0.1, 0.15) is 18.1 Å². The molecule has 13 heteroatoms. The minimum absolute atomic E-state index is 0.0440. The number of methoxy groups -OCH3 is 1. The molecule has 3 aromatic rings. The molecule has 2 atom stereocenters. The predicted octanol–water partition coefficient (Wildman–Crippen LogP) is 5.35. The number of alkyl halides is 3. The zero-order chi connectivity index (χ0) is 33.6. The van der Waals surface area contributed by atoms with E-state index in [2.05, 4.69) is 22.2 Å². The van der Waals surface area contributed by atoms with Crippen LogP contribution in [-0.2, 0) is 5.54 Å². The summed E-state index contributed by atoms with van der Waals surface area (Å²) >= 11 is 0. The fraction of sp³-hybridized carbons (Fsp3) is 0.394. The largest absolute Gasteiger partial charge is 0.493 e. The molecule has 9 nitrogen and oxygen atoms in total.